The molecular weight excluding hydrogens is 432 g/mol. The highest BCUT2D eigenvalue weighted by atomic mass is 32.2. The molecule has 2 aromatic carbocycles. The van der Waals surface area contributed by atoms with Gasteiger partial charge < -0.3 is 19.1 Å². The standard InChI is InChI=1S/C23H28N2O6S/c1-3-29-18-8-6-17(7-9-18)16-24(2)23(26)20-5-4-12-25(20)32(27,28)19-10-11-21-22(15-19)31-14-13-30-21/h6-11,15,20H,3-5,12-14,16H2,1-2H3. The van der Waals surface area contributed by atoms with E-state index >= 15 is 0 Å². The maximum atomic E-state index is 13.4. The molecule has 8 nitrogen and oxygen atoms in total. The van der Waals surface area contributed by atoms with E-state index < -0.39 is 16.1 Å². The van der Waals surface area contributed by atoms with Crippen LogP contribution in [0.2, 0.25) is 0 Å². The molecule has 2 aliphatic rings. The number of nitrogens with zero attached hydrogens (tertiary/aromatic N) is 2. The Morgan fingerprint density at radius 1 is 1.12 bits per heavy atom. The summed E-state index contributed by atoms with van der Waals surface area (Å²) in [6.45, 7) is 4.02. The van der Waals surface area contributed by atoms with Crippen molar-refractivity contribution in [1.29, 1.82) is 0 Å². The molecule has 1 fully saturated rings. The number of fused-ring (bicyclic) bond motifs is 1. The van der Waals surface area contributed by atoms with Crippen LogP contribution < -0.4 is 14.2 Å². The molecule has 0 aromatic heterocycles. The van der Waals surface area contributed by atoms with Crippen molar-refractivity contribution in [2.45, 2.75) is 37.2 Å². The van der Waals surface area contributed by atoms with Crippen LogP contribution in [0.3, 0.4) is 0 Å². The van der Waals surface area contributed by atoms with E-state index in [-0.39, 0.29) is 10.8 Å². The number of likely N-dealkylation sites (N-methyl/N-ethyl adjacent to an activating group) is 1. The second-order valence-electron chi connectivity index (χ2n) is 7.85. The first-order chi connectivity index (χ1) is 15.4. The SMILES string of the molecule is CCOc1ccc(CN(C)C(=O)C2CCCN2S(=O)(=O)c2ccc3c(c2)OCCO3)cc1. The van der Waals surface area contributed by atoms with Gasteiger partial charge in [0.15, 0.2) is 11.5 Å². The summed E-state index contributed by atoms with van der Waals surface area (Å²) in [5, 5.41) is 0. The third-order valence-corrected chi connectivity index (χ3v) is 7.54. The third kappa shape index (κ3) is 4.54. The molecule has 4 rings (SSSR count). The zero-order valence-corrected chi connectivity index (χ0v) is 19.1. The summed E-state index contributed by atoms with van der Waals surface area (Å²) in [5.74, 6) is 1.50. The highest BCUT2D eigenvalue weighted by Crippen LogP contribution is 2.35. The zero-order valence-electron chi connectivity index (χ0n) is 18.3. The maximum Gasteiger partial charge on any atom is 0.243 e. The highest BCUT2D eigenvalue weighted by Gasteiger charge is 2.41. The molecule has 1 saturated heterocycles. The quantitative estimate of drug-likeness (QED) is 0.632. The van der Waals surface area contributed by atoms with Gasteiger partial charge in [0, 0.05) is 26.2 Å². The number of amides is 1. The number of rotatable bonds is 7. The molecule has 0 aliphatic carbocycles. The average molecular weight is 461 g/mol. The Morgan fingerprint density at radius 3 is 2.56 bits per heavy atom. The van der Waals surface area contributed by atoms with Crippen LogP contribution in [0.25, 0.3) is 0 Å². The number of hydrogen-bond acceptors (Lipinski definition) is 6. The maximum absolute atomic E-state index is 13.4. The topological polar surface area (TPSA) is 85.4 Å². The van der Waals surface area contributed by atoms with Crippen LogP contribution in [0.1, 0.15) is 25.3 Å². The fourth-order valence-electron chi connectivity index (χ4n) is 4.06. The van der Waals surface area contributed by atoms with Gasteiger partial charge in [0.05, 0.1) is 11.5 Å². The normalized spacial score (nSPS) is 18.4. The van der Waals surface area contributed by atoms with Gasteiger partial charge in [-0.05, 0) is 49.6 Å². The van der Waals surface area contributed by atoms with Crippen LogP contribution in [0, 0.1) is 0 Å². The minimum Gasteiger partial charge on any atom is -0.494 e. The van der Waals surface area contributed by atoms with E-state index in [2.05, 4.69) is 0 Å². The largest absolute Gasteiger partial charge is 0.494 e. The van der Waals surface area contributed by atoms with Crippen LogP contribution >= 0.6 is 0 Å². The van der Waals surface area contributed by atoms with Gasteiger partial charge in [-0.3, -0.25) is 4.79 Å². The second kappa shape index (κ2) is 9.38. The molecule has 172 valence electrons. The average Bonchev–Trinajstić information content (AvgIpc) is 3.30. The van der Waals surface area contributed by atoms with Gasteiger partial charge in [-0.1, -0.05) is 12.1 Å². The molecule has 2 aliphatic heterocycles. The van der Waals surface area contributed by atoms with E-state index in [0.29, 0.717) is 57.3 Å². The summed E-state index contributed by atoms with van der Waals surface area (Å²) in [4.78, 5) is 14.9. The van der Waals surface area contributed by atoms with Gasteiger partial charge in [-0.2, -0.15) is 4.31 Å². The van der Waals surface area contributed by atoms with Gasteiger partial charge in [-0.25, -0.2) is 8.42 Å². The Hall–Kier alpha value is -2.78. The molecule has 2 aromatic rings. The predicted octanol–water partition coefficient (Wildman–Crippen LogP) is 2.67. The lowest BCUT2D eigenvalue weighted by Crippen LogP contribution is -2.46. The Balaban J connectivity index is 1.49. The van der Waals surface area contributed by atoms with E-state index in [0.717, 1.165) is 11.3 Å². The minimum absolute atomic E-state index is 0.107. The summed E-state index contributed by atoms with van der Waals surface area (Å²) >= 11 is 0. The molecule has 9 heteroatoms. The first-order valence-electron chi connectivity index (χ1n) is 10.8. The summed E-state index contributed by atoms with van der Waals surface area (Å²) in [6.07, 6.45) is 1.13. The number of sulfonamides is 1. The van der Waals surface area contributed by atoms with Crippen molar-refractivity contribution in [2.75, 3.05) is 33.4 Å². The van der Waals surface area contributed by atoms with Crippen LogP contribution in [-0.2, 0) is 21.4 Å². The lowest BCUT2D eigenvalue weighted by molar-refractivity contribution is -0.133. The van der Waals surface area contributed by atoms with Crippen molar-refractivity contribution in [1.82, 2.24) is 9.21 Å². The Kier molecular flexibility index (Phi) is 6.57. The molecule has 1 atom stereocenters. The van der Waals surface area contributed by atoms with E-state index in [1.165, 1.54) is 16.4 Å². The van der Waals surface area contributed by atoms with Gasteiger partial charge in [0.2, 0.25) is 15.9 Å². The van der Waals surface area contributed by atoms with Crippen LogP contribution in [0.15, 0.2) is 47.4 Å². The number of benzene rings is 2. The Labute approximate surface area is 188 Å². The van der Waals surface area contributed by atoms with Crippen LogP contribution in [-0.4, -0.2) is 63.0 Å². The van der Waals surface area contributed by atoms with E-state index in [1.807, 2.05) is 31.2 Å². The Morgan fingerprint density at radius 2 is 1.84 bits per heavy atom. The molecule has 32 heavy (non-hydrogen) atoms. The van der Waals surface area contributed by atoms with Crippen molar-refractivity contribution in [3.63, 3.8) is 0 Å². The van der Waals surface area contributed by atoms with E-state index in [4.69, 9.17) is 14.2 Å². The molecule has 0 spiro atoms. The van der Waals surface area contributed by atoms with Gasteiger partial charge in [-0.15, -0.1) is 0 Å². The van der Waals surface area contributed by atoms with E-state index in [9.17, 15) is 13.2 Å². The predicted molar refractivity (Wildman–Crippen MR) is 118 cm³/mol. The summed E-state index contributed by atoms with van der Waals surface area (Å²) < 4.78 is 44.5. The Bertz CT molecular complexity index is 1070. The summed E-state index contributed by atoms with van der Waals surface area (Å²) in [5.41, 5.74) is 0.948. The van der Waals surface area contributed by atoms with Gasteiger partial charge >= 0.3 is 0 Å². The lowest BCUT2D eigenvalue weighted by Gasteiger charge is -2.28. The fraction of sp³-hybridized carbons (Fsp3) is 0.435. The zero-order chi connectivity index (χ0) is 22.7. The van der Waals surface area contributed by atoms with Gasteiger partial charge in [0.25, 0.3) is 0 Å². The van der Waals surface area contributed by atoms with Crippen molar-refractivity contribution in [3.8, 4) is 17.2 Å². The first-order valence-corrected chi connectivity index (χ1v) is 12.2. The molecule has 2 heterocycles. The van der Waals surface area contributed by atoms with Crippen LogP contribution in [0.4, 0.5) is 0 Å². The number of carbonyl (C=O) groups is 1. The van der Waals surface area contributed by atoms with Crippen molar-refractivity contribution >= 4 is 15.9 Å². The first kappa shape index (κ1) is 22.4. The van der Waals surface area contributed by atoms with Crippen molar-refractivity contribution in [3.05, 3.63) is 48.0 Å². The second-order valence-corrected chi connectivity index (χ2v) is 9.74. The molecule has 1 unspecified atom stereocenters. The smallest absolute Gasteiger partial charge is 0.243 e. The fourth-order valence-corrected chi connectivity index (χ4v) is 5.72. The minimum atomic E-state index is -3.85. The van der Waals surface area contributed by atoms with Crippen molar-refractivity contribution < 1.29 is 27.4 Å². The number of carbonyl (C=O) groups excluding carboxylic acids is 1. The summed E-state index contributed by atoms with van der Waals surface area (Å²) in [7, 11) is -2.15. The van der Waals surface area contributed by atoms with Gasteiger partial charge in [0.1, 0.15) is 25.0 Å². The van der Waals surface area contributed by atoms with Crippen LogP contribution in [0.5, 0.6) is 17.2 Å². The molecular formula is C23H28N2O6S. The molecule has 1 amide bonds. The van der Waals surface area contributed by atoms with Crippen molar-refractivity contribution in [2.24, 2.45) is 0 Å². The van der Waals surface area contributed by atoms with E-state index in [1.54, 1.807) is 18.0 Å². The lowest BCUT2D eigenvalue weighted by atomic mass is 10.1. The molecule has 0 N–H and O–H groups in total. The number of ether oxygens (including phenoxy) is 3. The summed E-state index contributed by atoms with van der Waals surface area (Å²) in [6, 6.07) is 11.4. The highest BCUT2D eigenvalue weighted by molar-refractivity contribution is 7.89. The number of hydrogen-bond donors (Lipinski definition) is 0. The monoisotopic (exact) mass is 460 g/mol. The molecule has 0 bridgehead atoms. The molecule has 0 saturated carbocycles. The molecule has 0 radical (unpaired) electrons. The third-order valence-electron chi connectivity index (χ3n) is 5.64.